The van der Waals surface area contributed by atoms with Crippen molar-refractivity contribution in [3.63, 3.8) is 0 Å². The standard InChI is InChI=1S/C12H18N2O/c1-12(2,8-15)10-6-5-9-4-3-7-13-11(9)14-10/h5-6,15H,3-4,7-8H2,1-2H3,(H,13,14). The number of aromatic nitrogens is 1. The van der Waals surface area contributed by atoms with Crippen LogP contribution in [0, 0.1) is 0 Å². The molecule has 0 amide bonds. The van der Waals surface area contributed by atoms with Crippen LogP contribution in [0.5, 0.6) is 0 Å². The molecule has 0 fully saturated rings. The van der Waals surface area contributed by atoms with E-state index in [-0.39, 0.29) is 12.0 Å². The molecule has 0 radical (unpaired) electrons. The van der Waals surface area contributed by atoms with E-state index in [1.54, 1.807) is 0 Å². The molecule has 0 spiro atoms. The first kappa shape index (κ1) is 10.4. The second kappa shape index (κ2) is 3.81. The Kier molecular flexibility index (Phi) is 2.65. The smallest absolute Gasteiger partial charge is 0.129 e. The highest BCUT2D eigenvalue weighted by molar-refractivity contribution is 5.47. The molecule has 0 aliphatic carbocycles. The lowest BCUT2D eigenvalue weighted by atomic mass is 9.89. The highest BCUT2D eigenvalue weighted by Gasteiger charge is 2.22. The first-order chi connectivity index (χ1) is 7.13. The van der Waals surface area contributed by atoms with Crippen molar-refractivity contribution in [2.45, 2.75) is 32.1 Å². The van der Waals surface area contributed by atoms with Crippen LogP contribution in [-0.2, 0) is 11.8 Å². The lowest BCUT2D eigenvalue weighted by Crippen LogP contribution is -2.25. The predicted octanol–water partition coefficient (Wildman–Crippen LogP) is 1.71. The second-order valence-corrected chi connectivity index (χ2v) is 4.78. The van der Waals surface area contributed by atoms with Crippen molar-refractivity contribution in [2.75, 3.05) is 18.5 Å². The molecule has 0 bridgehead atoms. The van der Waals surface area contributed by atoms with Crippen molar-refractivity contribution in [2.24, 2.45) is 0 Å². The maximum atomic E-state index is 9.29. The average molecular weight is 206 g/mol. The molecule has 2 N–H and O–H groups in total. The summed E-state index contributed by atoms with van der Waals surface area (Å²) in [7, 11) is 0. The molecule has 1 aromatic heterocycles. The quantitative estimate of drug-likeness (QED) is 0.774. The lowest BCUT2D eigenvalue weighted by Gasteiger charge is -2.24. The normalized spacial score (nSPS) is 15.7. The molecule has 1 aliphatic heterocycles. The third-order valence-electron chi connectivity index (χ3n) is 2.98. The van der Waals surface area contributed by atoms with Crippen LogP contribution in [0.15, 0.2) is 12.1 Å². The van der Waals surface area contributed by atoms with Gasteiger partial charge in [0.1, 0.15) is 5.82 Å². The van der Waals surface area contributed by atoms with Crippen molar-refractivity contribution < 1.29 is 5.11 Å². The minimum atomic E-state index is -0.256. The van der Waals surface area contributed by atoms with E-state index in [1.807, 2.05) is 19.9 Å². The first-order valence-corrected chi connectivity index (χ1v) is 5.48. The molecule has 0 saturated heterocycles. The SMILES string of the molecule is CC(C)(CO)c1ccc2c(n1)NCCC2. The summed E-state index contributed by atoms with van der Waals surface area (Å²) in [6.07, 6.45) is 2.28. The summed E-state index contributed by atoms with van der Waals surface area (Å²) in [6, 6.07) is 4.16. The Balaban J connectivity index is 2.36. The van der Waals surface area contributed by atoms with Crippen LogP contribution >= 0.6 is 0 Å². The van der Waals surface area contributed by atoms with Crippen LogP contribution in [-0.4, -0.2) is 23.2 Å². The van der Waals surface area contributed by atoms with Gasteiger partial charge in [0, 0.05) is 12.0 Å². The molecular weight excluding hydrogens is 188 g/mol. The summed E-state index contributed by atoms with van der Waals surface area (Å²) in [5.74, 6) is 1.00. The fourth-order valence-electron chi connectivity index (χ4n) is 1.79. The minimum Gasteiger partial charge on any atom is -0.395 e. The Bertz CT molecular complexity index is 361. The maximum Gasteiger partial charge on any atom is 0.129 e. The zero-order valence-electron chi connectivity index (χ0n) is 9.38. The monoisotopic (exact) mass is 206 g/mol. The number of hydrogen-bond acceptors (Lipinski definition) is 3. The van der Waals surface area contributed by atoms with Crippen molar-refractivity contribution in [1.82, 2.24) is 4.98 Å². The van der Waals surface area contributed by atoms with Crippen molar-refractivity contribution in [3.8, 4) is 0 Å². The summed E-state index contributed by atoms with van der Waals surface area (Å²) in [5.41, 5.74) is 1.99. The largest absolute Gasteiger partial charge is 0.395 e. The number of pyridine rings is 1. The molecule has 3 nitrogen and oxygen atoms in total. The third-order valence-corrected chi connectivity index (χ3v) is 2.98. The van der Waals surface area contributed by atoms with E-state index in [0.29, 0.717) is 0 Å². The highest BCUT2D eigenvalue weighted by atomic mass is 16.3. The summed E-state index contributed by atoms with van der Waals surface area (Å²) < 4.78 is 0. The van der Waals surface area contributed by atoms with Gasteiger partial charge in [-0.1, -0.05) is 19.9 Å². The van der Waals surface area contributed by atoms with Gasteiger partial charge in [-0.25, -0.2) is 4.98 Å². The first-order valence-electron chi connectivity index (χ1n) is 5.48. The number of anilines is 1. The van der Waals surface area contributed by atoms with E-state index in [0.717, 1.165) is 24.5 Å². The molecule has 0 unspecified atom stereocenters. The number of aliphatic hydroxyl groups excluding tert-OH is 1. The Morgan fingerprint density at radius 1 is 1.47 bits per heavy atom. The van der Waals surface area contributed by atoms with E-state index in [2.05, 4.69) is 16.4 Å². The molecule has 2 heterocycles. The van der Waals surface area contributed by atoms with E-state index >= 15 is 0 Å². The van der Waals surface area contributed by atoms with E-state index < -0.39 is 0 Å². The predicted molar refractivity (Wildman–Crippen MR) is 61.2 cm³/mol. The van der Waals surface area contributed by atoms with Crippen LogP contribution < -0.4 is 5.32 Å². The Hall–Kier alpha value is -1.09. The van der Waals surface area contributed by atoms with E-state index in [4.69, 9.17) is 0 Å². The average Bonchev–Trinajstić information content (AvgIpc) is 2.28. The highest BCUT2D eigenvalue weighted by Crippen LogP contribution is 2.26. The van der Waals surface area contributed by atoms with Gasteiger partial charge in [0.15, 0.2) is 0 Å². The van der Waals surface area contributed by atoms with Crippen LogP contribution in [0.3, 0.4) is 0 Å². The van der Waals surface area contributed by atoms with Gasteiger partial charge in [-0.3, -0.25) is 0 Å². The number of rotatable bonds is 2. The summed E-state index contributed by atoms with van der Waals surface area (Å²) in [4.78, 5) is 4.58. The van der Waals surface area contributed by atoms with Gasteiger partial charge in [-0.2, -0.15) is 0 Å². The molecule has 0 aromatic carbocycles. The second-order valence-electron chi connectivity index (χ2n) is 4.78. The van der Waals surface area contributed by atoms with Crippen molar-refractivity contribution in [1.29, 1.82) is 0 Å². The molecule has 0 saturated carbocycles. The number of hydrogen-bond donors (Lipinski definition) is 2. The number of nitrogens with zero attached hydrogens (tertiary/aromatic N) is 1. The van der Waals surface area contributed by atoms with Crippen molar-refractivity contribution in [3.05, 3.63) is 23.4 Å². The Labute approximate surface area is 90.5 Å². The Morgan fingerprint density at radius 3 is 3.00 bits per heavy atom. The number of nitrogens with one attached hydrogen (secondary N) is 1. The Morgan fingerprint density at radius 2 is 2.27 bits per heavy atom. The van der Waals surface area contributed by atoms with E-state index in [1.165, 1.54) is 12.0 Å². The zero-order valence-corrected chi connectivity index (χ0v) is 9.38. The van der Waals surface area contributed by atoms with Crippen LogP contribution in [0.4, 0.5) is 5.82 Å². The van der Waals surface area contributed by atoms with Crippen LogP contribution in [0.2, 0.25) is 0 Å². The van der Waals surface area contributed by atoms with E-state index in [9.17, 15) is 5.11 Å². The number of aryl methyl sites for hydroxylation is 1. The maximum absolute atomic E-state index is 9.29. The third kappa shape index (κ3) is 1.97. The van der Waals surface area contributed by atoms with Gasteiger partial charge < -0.3 is 10.4 Å². The van der Waals surface area contributed by atoms with Crippen molar-refractivity contribution >= 4 is 5.82 Å². The van der Waals surface area contributed by atoms with Gasteiger partial charge in [-0.05, 0) is 24.5 Å². The fraction of sp³-hybridized carbons (Fsp3) is 0.583. The minimum absolute atomic E-state index is 0.124. The van der Waals surface area contributed by atoms with Gasteiger partial charge in [0.2, 0.25) is 0 Å². The zero-order chi connectivity index (χ0) is 10.9. The summed E-state index contributed by atoms with van der Waals surface area (Å²) >= 11 is 0. The lowest BCUT2D eigenvalue weighted by molar-refractivity contribution is 0.215. The van der Waals surface area contributed by atoms with Crippen LogP contribution in [0.25, 0.3) is 0 Å². The molecule has 2 rings (SSSR count). The molecule has 82 valence electrons. The number of fused-ring (bicyclic) bond motifs is 1. The molecular formula is C12H18N2O. The topological polar surface area (TPSA) is 45.2 Å². The molecule has 15 heavy (non-hydrogen) atoms. The molecule has 0 atom stereocenters. The summed E-state index contributed by atoms with van der Waals surface area (Å²) in [5, 5.41) is 12.6. The molecule has 3 heteroatoms. The van der Waals surface area contributed by atoms with Gasteiger partial charge >= 0.3 is 0 Å². The number of aliphatic hydroxyl groups is 1. The molecule has 1 aromatic rings. The van der Waals surface area contributed by atoms with Gasteiger partial charge in [0.25, 0.3) is 0 Å². The van der Waals surface area contributed by atoms with Crippen LogP contribution in [0.1, 0.15) is 31.5 Å². The van der Waals surface area contributed by atoms with Gasteiger partial charge in [0.05, 0.1) is 12.3 Å². The van der Waals surface area contributed by atoms with Gasteiger partial charge in [-0.15, -0.1) is 0 Å². The molecule has 1 aliphatic rings. The summed E-state index contributed by atoms with van der Waals surface area (Å²) in [6.45, 7) is 5.14. The fourth-order valence-corrected chi connectivity index (χ4v) is 1.79.